The highest BCUT2D eigenvalue weighted by molar-refractivity contribution is 5.92. The van der Waals surface area contributed by atoms with E-state index >= 15 is 0 Å². The van der Waals surface area contributed by atoms with Gasteiger partial charge in [-0.25, -0.2) is 14.6 Å². The first kappa shape index (κ1) is 16.7. The Hall–Kier alpha value is -2.69. The van der Waals surface area contributed by atoms with Crippen LogP contribution >= 0.6 is 0 Å². The van der Waals surface area contributed by atoms with E-state index in [2.05, 4.69) is 11.9 Å². The van der Waals surface area contributed by atoms with E-state index in [0.717, 1.165) is 12.8 Å². The molecule has 0 atom stereocenters. The number of pyridine rings is 1. The molecule has 0 saturated heterocycles. The summed E-state index contributed by atoms with van der Waals surface area (Å²) in [7, 11) is 0. The highest BCUT2D eigenvalue weighted by Gasteiger charge is 2.14. The van der Waals surface area contributed by atoms with Crippen LogP contribution in [0.3, 0.4) is 0 Å². The Morgan fingerprint density at radius 3 is 2.22 bits per heavy atom. The quantitative estimate of drug-likeness (QED) is 0.604. The van der Waals surface area contributed by atoms with Crippen molar-refractivity contribution in [3.63, 3.8) is 0 Å². The molecule has 0 spiro atoms. The normalized spacial score (nSPS) is 10.2. The molecule has 1 aromatic heterocycles. The van der Waals surface area contributed by atoms with Gasteiger partial charge in [-0.3, -0.25) is 0 Å². The summed E-state index contributed by atoms with van der Waals surface area (Å²) in [5.74, 6) is -0.733. The molecule has 5 nitrogen and oxygen atoms in total. The molecule has 0 fully saturated rings. The third-order valence-electron chi connectivity index (χ3n) is 3.12. The zero-order valence-corrected chi connectivity index (χ0v) is 13.2. The molecule has 1 aromatic carbocycles. The second-order valence-electron chi connectivity index (χ2n) is 4.91. The number of esters is 2. The summed E-state index contributed by atoms with van der Waals surface area (Å²) in [4.78, 5) is 27.7. The van der Waals surface area contributed by atoms with Gasteiger partial charge in [0.05, 0.1) is 6.61 Å². The average Bonchev–Trinajstić information content (AvgIpc) is 2.57. The van der Waals surface area contributed by atoms with Crippen LogP contribution in [0.4, 0.5) is 0 Å². The number of ether oxygens (including phenoxy) is 2. The Morgan fingerprint density at radius 2 is 1.61 bits per heavy atom. The number of rotatable bonds is 6. The van der Waals surface area contributed by atoms with Gasteiger partial charge in [-0.05, 0) is 43.2 Å². The Kier molecular flexibility index (Phi) is 5.86. The maximum absolute atomic E-state index is 12.1. The van der Waals surface area contributed by atoms with E-state index in [1.54, 1.807) is 25.1 Å². The van der Waals surface area contributed by atoms with Crippen molar-refractivity contribution in [1.29, 1.82) is 0 Å². The monoisotopic (exact) mass is 313 g/mol. The lowest BCUT2D eigenvalue weighted by Gasteiger charge is -2.06. The van der Waals surface area contributed by atoms with Crippen LogP contribution in [-0.4, -0.2) is 23.5 Å². The van der Waals surface area contributed by atoms with Crippen LogP contribution in [0.5, 0.6) is 5.75 Å². The van der Waals surface area contributed by atoms with Gasteiger partial charge in [0.2, 0.25) is 0 Å². The van der Waals surface area contributed by atoms with Gasteiger partial charge in [-0.1, -0.05) is 31.5 Å². The third-order valence-corrected chi connectivity index (χ3v) is 3.12. The van der Waals surface area contributed by atoms with Crippen LogP contribution in [0, 0.1) is 0 Å². The second-order valence-corrected chi connectivity index (χ2v) is 4.91. The summed E-state index contributed by atoms with van der Waals surface area (Å²) in [6.07, 6.45) is 2.04. The molecule has 23 heavy (non-hydrogen) atoms. The fourth-order valence-electron chi connectivity index (χ4n) is 2.04. The van der Waals surface area contributed by atoms with Crippen molar-refractivity contribution in [3.8, 4) is 5.75 Å². The van der Waals surface area contributed by atoms with Crippen LogP contribution in [0.2, 0.25) is 0 Å². The maximum Gasteiger partial charge on any atom is 0.362 e. The number of benzene rings is 1. The molecule has 0 aliphatic heterocycles. The van der Waals surface area contributed by atoms with Crippen molar-refractivity contribution in [2.45, 2.75) is 26.7 Å². The first-order valence-corrected chi connectivity index (χ1v) is 7.59. The zero-order chi connectivity index (χ0) is 16.7. The molecular formula is C18H19NO4. The van der Waals surface area contributed by atoms with Gasteiger partial charge >= 0.3 is 11.9 Å². The molecule has 0 radical (unpaired) electrons. The smallest absolute Gasteiger partial charge is 0.362 e. The molecule has 0 bridgehead atoms. The fraction of sp³-hybridized carbons (Fsp3) is 0.278. The molecular weight excluding hydrogens is 294 g/mol. The predicted octanol–water partition coefficient (Wildman–Crippen LogP) is 3.43. The van der Waals surface area contributed by atoms with Crippen molar-refractivity contribution in [2.75, 3.05) is 6.61 Å². The molecule has 1 heterocycles. The van der Waals surface area contributed by atoms with E-state index < -0.39 is 11.9 Å². The summed E-state index contributed by atoms with van der Waals surface area (Å²) in [6, 6.07) is 11.9. The van der Waals surface area contributed by atoms with E-state index in [9.17, 15) is 9.59 Å². The van der Waals surface area contributed by atoms with Gasteiger partial charge in [-0.2, -0.15) is 0 Å². The molecule has 0 aliphatic carbocycles. The molecule has 2 aromatic rings. The fourth-order valence-corrected chi connectivity index (χ4v) is 2.04. The number of aromatic nitrogens is 1. The summed E-state index contributed by atoms with van der Waals surface area (Å²) in [5.41, 5.74) is 1.34. The summed E-state index contributed by atoms with van der Waals surface area (Å²) in [5, 5.41) is 0. The number of carbonyl (C=O) groups is 2. The molecule has 0 N–H and O–H groups in total. The van der Waals surface area contributed by atoms with E-state index in [4.69, 9.17) is 9.47 Å². The van der Waals surface area contributed by atoms with Crippen molar-refractivity contribution in [2.24, 2.45) is 0 Å². The van der Waals surface area contributed by atoms with Crippen LogP contribution in [-0.2, 0) is 11.2 Å². The molecule has 0 amide bonds. The SMILES string of the molecule is CCCc1ccc(OC(=O)c2cccc(C(=O)OCC)n2)cc1. The van der Waals surface area contributed by atoms with Crippen LogP contribution in [0.25, 0.3) is 0 Å². The first-order chi connectivity index (χ1) is 11.1. The van der Waals surface area contributed by atoms with Crippen molar-refractivity contribution in [3.05, 3.63) is 59.4 Å². The van der Waals surface area contributed by atoms with E-state index in [-0.39, 0.29) is 18.0 Å². The van der Waals surface area contributed by atoms with Gasteiger partial charge < -0.3 is 9.47 Å². The Labute approximate surface area is 135 Å². The number of carbonyl (C=O) groups excluding carboxylic acids is 2. The second kappa shape index (κ2) is 8.08. The summed E-state index contributed by atoms with van der Waals surface area (Å²) >= 11 is 0. The van der Waals surface area contributed by atoms with Crippen LogP contribution < -0.4 is 4.74 Å². The Bertz CT molecular complexity index is 680. The Balaban J connectivity index is 2.08. The topological polar surface area (TPSA) is 65.5 Å². The molecule has 5 heteroatoms. The molecule has 0 saturated carbocycles. The first-order valence-electron chi connectivity index (χ1n) is 7.59. The van der Waals surface area contributed by atoms with E-state index in [0.29, 0.717) is 5.75 Å². The molecule has 0 aliphatic rings. The molecule has 2 rings (SSSR count). The standard InChI is InChI=1S/C18H19NO4/c1-3-6-13-9-11-14(12-10-13)23-18(21)16-8-5-7-15(19-16)17(20)22-4-2/h5,7-12H,3-4,6H2,1-2H3. The summed E-state index contributed by atoms with van der Waals surface area (Å²) < 4.78 is 10.1. The lowest BCUT2D eigenvalue weighted by Crippen LogP contribution is -2.14. The van der Waals surface area contributed by atoms with Gasteiger partial charge in [0.1, 0.15) is 17.1 Å². The number of aryl methyl sites for hydroxylation is 1. The van der Waals surface area contributed by atoms with Crippen LogP contribution in [0.15, 0.2) is 42.5 Å². The highest BCUT2D eigenvalue weighted by atomic mass is 16.5. The maximum atomic E-state index is 12.1. The largest absolute Gasteiger partial charge is 0.461 e. The van der Waals surface area contributed by atoms with Gasteiger partial charge in [0.25, 0.3) is 0 Å². The minimum atomic E-state index is -0.612. The van der Waals surface area contributed by atoms with E-state index in [1.807, 2.05) is 12.1 Å². The number of hydrogen-bond acceptors (Lipinski definition) is 5. The lowest BCUT2D eigenvalue weighted by atomic mass is 10.1. The number of hydrogen-bond donors (Lipinski definition) is 0. The predicted molar refractivity (Wildman–Crippen MR) is 85.6 cm³/mol. The van der Waals surface area contributed by atoms with Crippen molar-refractivity contribution < 1.29 is 19.1 Å². The number of nitrogens with zero attached hydrogens (tertiary/aromatic N) is 1. The van der Waals surface area contributed by atoms with E-state index in [1.165, 1.54) is 17.7 Å². The molecule has 120 valence electrons. The van der Waals surface area contributed by atoms with Crippen molar-refractivity contribution in [1.82, 2.24) is 4.98 Å². The van der Waals surface area contributed by atoms with Crippen molar-refractivity contribution >= 4 is 11.9 Å². The minimum Gasteiger partial charge on any atom is -0.461 e. The lowest BCUT2D eigenvalue weighted by molar-refractivity contribution is 0.0519. The minimum absolute atomic E-state index is 0.0631. The molecule has 0 unspecified atom stereocenters. The van der Waals surface area contributed by atoms with Gasteiger partial charge in [0.15, 0.2) is 0 Å². The third kappa shape index (κ3) is 4.64. The Morgan fingerprint density at radius 1 is 0.957 bits per heavy atom. The van der Waals surface area contributed by atoms with Crippen LogP contribution in [0.1, 0.15) is 46.8 Å². The summed E-state index contributed by atoms with van der Waals surface area (Å²) in [6.45, 7) is 4.06. The average molecular weight is 313 g/mol. The van der Waals surface area contributed by atoms with Gasteiger partial charge in [0, 0.05) is 0 Å². The zero-order valence-electron chi connectivity index (χ0n) is 13.2. The van der Waals surface area contributed by atoms with Gasteiger partial charge in [-0.15, -0.1) is 0 Å². The highest BCUT2D eigenvalue weighted by Crippen LogP contribution is 2.15.